The molecule has 0 saturated carbocycles. The van der Waals surface area contributed by atoms with Crippen LogP contribution < -0.4 is 5.73 Å². The van der Waals surface area contributed by atoms with E-state index in [1.54, 1.807) is 7.11 Å². The van der Waals surface area contributed by atoms with E-state index in [1.165, 1.54) is 5.57 Å². The standard InChI is InChI=1S/C13H24N2O2/c1-11(9-14)3-4-13(16)15-7-5-12(6-8-15)10-17-2/h5,11H,3-4,6-10,14H2,1-2H3. The molecule has 1 amide bonds. The highest BCUT2D eigenvalue weighted by atomic mass is 16.5. The minimum atomic E-state index is 0.248. The highest BCUT2D eigenvalue weighted by Gasteiger charge is 2.17. The topological polar surface area (TPSA) is 55.6 Å². The van der Waals surface area contributed by atoms with Gasteiger partial charge in [-0.3, -0.25) is 4.79 Å². The maximum Gasteiger partial charge on any atom is 0.222 e. The molecular formula is C13H24N2O2. The number of nitrogens with zero attached hydrogens (tertiary/aromatic N) is 1. The summed E-state index contributed by atoms with van der Waals surface area (Å²) in [5.74, 6) is 0.682. The van der Waals surface area contributed by atoms with Gasteiger partial charge in [0.05, 0.1) is 6.61 Å². The van der Waals surface area contributed by atoms with Gasteiger partial charge in [0, 0.05) is 26.6 Å². The maximum absolute atomic E-state index is 11.9. The van der Waals surface area contributed by atoms with Crippen LogP contribution in [0.3, 0.4) is 0 Å². The van der Waals surface area contributed by atoms with E-state index in [2.05, 4.69) is 13.0 Å². The Morgan fingerprint density at radius 3 is 2.94 bits per heavy atom. The first kappa shape index (κ1) is 14.2. The number of methoxy groups -OCH3 is 1. The highest BCUT2D eigenvalue weighted by molar-refractivity contribution is 5.76. The largest absolute Gasteiger partial charge is 0.380 e. The van der Waals surface area contributed by atoms with Crippen LogP contribution in [-0.4, -0.2) is 44.2 Å². The summed E-state index contributed by atoms with van der Waals surface area (Å²) in [6.07, 6.45) is 4.55. The zero-order chi connectivity index (χ0) is 12.7. The lowest BCUT2D eigenvalue weighted by Gasteiger charge is -2.26. The molecule has 0 radical (unpaired) electrons. The van der Waals surface area contributed by atoms with E-state index in [1.807, 2.05) is 4.90 Å². The van der Waals surface area contributed by atoms with Crippen molar-refractivity contribution < 1.29 is 9.53 Å². The number of carbonyl (C=O) groups is 1. The lowest BCUT2D eigenvalue weighted by Crippen LogP contribution is -2.35. The molecule has 2 N–H and O–H groups in total. The van der Waals surface area contributed by atoms with Crippen LogP contribution in [0.5, 0.6) is 0 Å². The summed E-state index contributed by atoms with van der Waals surface area (Å²) >= 11 is 0. The second-order valence-corrected chi connectivity index (χ2v) is 4.76. The van der Waals surface area contributed by atoms with Gasteiger partial charge in [-0.25, -0.2) is 0 Å². The van der Waals surface area contributed by atoms with E-state index >= 15 is 0 Å². The lowest BCUT2D eigenvalue weighted by atomic mass is 10.0. The number of hydrogen-bond acceptors (Lipinski definition) is 3. The van der Waals surface area contributed by atoms with Gasteiger partial charge in [-0.2, -0.15) is 0 Å². The number of rotatable bonds is 6. The molecule has 0 spiro atoms. The third kappa shape index (κ3) is 4.88. The van der Waals surface area contributed by atoms with Gasteiger partial charge >= 0.3 is 0 Å². The van der Waals surface area contributed by atoms with Gasteiger partial charge in [-0.1, -0.05) is 13.0 Å². The van der Waals surface area contributed by atoms with E-state index < -0.39 is 0 Å². The normalized spacial score (nSPS) is 17.8. The van der Waals surface area contributed by atoms with Crippen LogP contribution in [0.25, 0.3) is 0 Å². The molecule has 98 valence electrons. The van der Waals surface area contributed by atoms with E-state index in [9.17, 15) is 4.79 Å². The summed E-state index contributed by atoms with van der Waals surface area (Å²) in [5.41, 5.74) is 6.84. The van der Waals surface area contributed by atoms with E-state index in [-0.39, 0.29) is 5.91 Å². The predicted octanol–water partition coefficient (Wildman–Crippen LogP) is 1.17. The molecule has 0 aromatic rings. The first-order valence-corrected chi connectivity index (χ1v) is 6.32. The maximum atomic E-state index is 11.9. The summed E-state index contributed by atoms with van der Waals surface area (Å²) in [6.45, 7) is 4.98. The minimum absolute atomic E-state index is 0.248. The molecule has 4 heteroatoms. The molecule has 4 nitrogen and oxygen atoms in total. The third-order valence-electron chi connectivity index (χ3n) is 3.24. The van der Waals surface area contributed by atoms with Crippen molar-refractivity contribution in [1.82, 2.24) is 4.90 Å². The Morgan fingerprint density at radius 1 is 1.65 bits per heavy atom. The van der Waals surface area contributed by atoms with Crippen LogP contribution in [0.4, 0.5) is 0 Å². The Bertz CT molecular complexity index is 277. The van der Waals surface area contributed by atoms with Crippen LogP contribution in [-0.2, 0) is 9.53 Å². The fraction of sp³-hybridized carbons (Fsp3) is 0.769. The summed E-state index contributed by atoms with van der Waals surface area (Å²) < 4.78 is 5.08. The smallest absolute Gasteiger partial charge is 0.222 e. The summed E-state index contributed by atoms with van der Waals surface area (Å²) in [4.78, 5) is 13.8. The van der Waals surface area contributed by atoms with Crippen molar-refractivity contribution in [1.29, 1.82) is 0 Å². The fourth-order valence-electron chi connectivity index (χ4n) is 1.90. The Kier molecular flexibility index (Phi) is 6.22. The van der Waals surface area contributed by atoms with E-state index in [0.717, 1.165) is 25.9 Å². The summed E-state index contributed by atoms with van der Waals surface area (Å²) in [5, 5.41) is 0. The number of amides is 1. The molecule has 1 rings (SSSR count). The molecule has 1 heterocycles. The molecule has 0 aromatic heterocycles. The fourth-order valence-corrected chi connectivity index (χ4v) is 1.90. The third-order valence-corrected chi connectivity index (χ3v) is 3.24. The van der Waals surface area contributed by atoms with Gasteiger partial charge in [-0.15, -0.1) is 0 Å². The average Bonchev–Trinajstić information content (AvgIpc) is 2.36. The van der Waals surface area contributed by atoms with Crippen molar-refractivity contribution in [3.05, 3.63) is 11.6 Å². The zero-order valence-electron chi connectivity index (χ0n) is 10.9. The molecule has 0 saturated heterocycles. The number of carbonyl (C=O) groups excluding carboxylic acids is 1. The van der Waals surface area contributed by atoms with Crippen molar-refractivity contribution in [2.24, 2.45) is 11.7 Å². The van der Waals surface area contributed by atoms with E-state index in [4.69, 9.17) is 10.5 Å². The number of nitrogens with two attached hydrogens (primary N) is 1. The first-order valence-electron chi connectivity index (χ1n) is 6.32. The highest BCUT2D eigenvalue weighted by Crippen LogP contribution is 2.13. The summed E-state index contributed by atoms with van der Waals surface area (Å²) in [6, 6.07) is 0. The molecule has 1 unspecified atom stereocenters. The molecule has 0 bridgehead atoms. The van der Waals surface area contributed by atoms with Gasteiger partial charge in [0.1, 0.15) is 0 Å². The van der Waals surface area contributed by atoms with Crippen LogP contribution in [0, 0.1) is 5.92 Å². The average molecular weight is 240 g/mol. The van der Waals surface area contributed by atoms with Crippen LogP contribution >= 0.6 is 0 Å². The lowest BCUT2D eigenvalue weighted by molar-refractivity contribution is -0.131. The van der Waals surface area contributed by atoms with Crippen molar-refractivity contribution in [2.75, 3.05) is 33.4 Å². The Hall–Kier alpha value is -0.870. The Balaban J connectivity index is 2.30. The molecule has 1 aliphatic rings. The SMILES string of the molecule is COCC1=CCN(C(=O)CCC(C)CN)CC1. The van der Waals surface area contributed by atoms with Gasteiger partial charge in [0.2, 0.25) is 5.91 Å². The second-order valence-electron chi connectivity index (χ2n) is 4.76. The van der Waals surface area contributed by atoms with Crippen molar-refractivity contribution in [2.45, 2.75) is 26.2 Å². The van der Waals surface area contributed by atoms with Gasteiger partial charge in [0.25, 0.3) is 0 Å². The molecule has 0 aliphatic carbocycles. The quantitative estimate of drug-likeness (QED) is 0.709. The minimum Gasteiger partial charge on any atom is -0.380 e. The van der Waals surface area contributed by atoms with Crippen LogP contribution in [0.15, 0.2) is 11.6 Å². The van der Waals surface area contributed by atoms with Crippen LogP contribution in [0.2, 0.25) is 0 Å². The molecule has 0 aromatic carbocycles. The van der Waals surface area contributed by atoms with Crippen molar-refractivity contribution in [3.63, 3.8) is 0 Å². The van der Waals surface area contributed by atoms with Gasteiger partial charge < -0.3 is 15.4 Å². The number of hydrogen-bond donors (Lipinski definition) is 1. The van der Waals surface area contributed by atoms with Gasteiger partial charge in [-0.05, 0) is 30.9 Å². The molecule has 0 fully saturated rings. The summed E-state index contributed by atoms with van der Waals surface area (Å²) in [7, 11) is 1.70. The molecular weight excluding hydrogens is 216 g/mol. The molecule has 1 atom stereocenters. The second kappa shape index (κ2) is 7.45. The molecule has 17 heavy (non-hydrogen) atoms. The molecule has 1 aliphatic heterocycles. The van der Waals surface area contributed by atoms with Crippen LogP contribution in [0.1, 0.15) is 26.2 Å². The Labute approximate surface area is 104 Å². The van der Waals surface area contributed by atoms with E-state index in [0.29, 0.717) is 25.5 Å². The van der Waals surface area contributed by atoms with Crippen molar-refractivity contribution in [3.8, 4) is 0 Å². The zero-order valence-corrected chi connectivity index (χ0v) is 10.9. The predicted molar refractivity (Wildman–Crippen MR) is 68.6 cm³/mol. The monoisotopic (exact) mass is 240 g/mol. The number of ether oxygens (including phenoxy) is 1. The van der Waals surface area contributed by atoms with Gasteiger partial charge in [0.15, 0.2) is 0 Å². The Morgan fingerprint density at radius 2 is 2.41 bits per heavy atom. The first-order chi connectivity index (χ1) is 8.17. The van der Waals surface area contributed by atoms with Crippen molar-refractivity contribution >= 4 is 5.91 Å².